The highest BCUT2D eigenvalue weighted by atomic mass is 16.2. The normalized spacial score (nSPS) is 15.7. The summed E-state index contributed by atoms with van der Waals surface area (Å²) in [4.78, 5) is 25.6. The van der Waals surface area contributed by atoms with Crippen LogP contribution in [0, 0.1) is 0 Å². The fourth-order valence-corrected chi connectivity index (χ4v) is 3.94. The van der Waals surface area contributed by atoms with Crippen LogP contribution in [-0.2, 0) is 10.2 Å². The Balaban J connectivity index is 1.63. The summed E-state index contributed by atoms with van der Waals surface area (Å²) in [7, 11) is 0. The molecule has 0 radical (unpaired) electrons. The monoisotopic (exact) mass is 373 g/mol. The lowest BCUT2D eigenvalue weighted by Gasteiger charge is -2.36. The summed E-state index contributed by atoms with van der Waals surface area (Å²) in [5.41, 5.74) is 7.99. The first-order chi connectivity index (χ1) is 13.7. The Labute approximate surface area is 164 Å². The second-order valence-corrected chi connectivity index (χ2v) is 7.22. The highest BCUT2D eigenvalue weighted by molar-refractivity contribution is 5.98. The van der Waals surface area contributed by atoms with Gasteiger partial charge in [0, 0.05) is 24.2 Å². The SMILES string of the molecule is Nc1ncc(-c2ccc(C3(C(=O)Nc4ccccn4)CCCCC3)cc2)cn1. The topological polar surface area (TPSA) is 93.8 Å². The quantitative estimate of drug-likeness (QED) is 0.722. The van der Waals surface area contributed by atoms with E-state index >= 15 is 0 Å². The third-order valence-corrected chi connectivity index (χ3v) is 5.49. The minimum absolute atomic E-state index is 0.0227. The lowest BCUT2D eigenvalue weighted by Crippen LogP contribution is -2.42. The number of benzene rings is 1. The molecule has 3 N–H and O–H groups in total. The smallest absolute Gasteiger partial charge is 0.236 e. The average Bonchev–Trinajstić information content (AvgIpc) is 2.75. The molecule has 0 bridgehead atoms. The minimum atomic E-state index is -0.522. The van der Waals surface area contributed by atoms with Crippen molar-refractivity contribution in [2.45, 2.75) is 37.5 Å². The summed E-state index contributed by atoms with van der Waals surface area (Å²) in [6.45, 7) is 0. The summed E-state index contributed by atoms with van der Waals surface area (Å²) >= 11 is 0. The number of nitrogen functional groups attached to an aromatic ring is 1. The number of nitrogens with one attached hydrogen (secondary N) is 1. The maximum Gasteiger partial charge on any atom is 0.236 e. The molecule has 0 saturated heterocycles. The van der Waals surface area contributed by atoms with Gasteiger partial charge in [0.15, 0.2) is 0 Å². The van der Waals surface area contributed by atoms with Gasteiger partial charge in [0.05, 0.1) is 5.41 Å². The van der Waals surface area contributed by atoms with Crippen LogP contribution in [0.3, 0.4) is 0 Å². The zero-order valence-corrected chi connectivity index (χ0v) is 15.6. The standard InChI is InChI=1S/C22H23N5O/c23-21-25-14-17(15-26-21)16-7-9-18(10-8-16)22(11-3-1-4-12-22)20(28)27-19-6-2-5-13-24-19/h2,5-10,13-15H,1,3-4,11-12H2,(H2,23,25,26)(H,24,27,28). The molecule has 0 unspecified atom stereocenters. The lowest BCUT2D eigenvalue weighted by atomic mass is 9.68. The third-order valence-electron chi connectivity index (χ3n) is 5.49. The number of rotatable bonds is 4. The molecule has 1 aromatic carbocycles. The fraction of sp³-hybridized carbons (Fsp3) is 0.273. The molecular formula is C22H23N5O. The van der Waals surface area contributed by atoms with Crippen LogP contribution >= 0.6 is 0 Å². The number of aromatic nitrogens is 3. The van der Waals surface area contributed by atoms with Crippen molar-refractivity contribution in [3.05, 3.63) is 66.6 Å². The maximum absolute atomic E-state index is 13.3. The molecule has 28 heavy (non-hydrogen) atoms. The van der Waals surface area contributed by atoms with E-state index in [1.807, 2.05) is 30.3 Å². The van der Waals surface area contributed by atoms with Gasteiger partial charge in [0.1, 0.15) is 5.82 Å². The number of amides is 1. The maximum atomic E-state index is 13.3. The predicted molar refractivity (Wildman–Crippen MR) is 110 cm³/mol. The predicted octanol–water partition coefficient (Wildman–Crippen LogP) is 3.96. The second kappa shape index (κ2) is 7.76. The van der Waals surface area contributed by atoms with E-state index in [-0.39, 0.29) is 11.9 Å². The summed E-state index contributed by atoms with van der Waals surface area (Å²) in [6, 6.07) is 13.7. The van der Waals surface area contributed by atoms with Gasteiger partial charge in [-0.15, -0.1) is 0 Å². The largest absolute Gasteiger partial charge is 0.368 e. The molecule has 0 atom stereocenters. The van der Waals surface area contributed by atoms with Crippen LogP contribution in [0.2, 0.25) is 0 Å². The van der Waals surface area contributed by atoms with E-state index in [4.69, 9.17) is 5.73 Å². The molecule has 1 aliphatic rings. The molecule has 4 rings (SSSR count). The molecule has 2 heterocycles. The van der Waals surface area contributed by atoms with Crippen LogP contribution in [-0.4, -0.2) is 20.9 Å². The summed E-state index contributed by atoms with van der Waals surface area (Å²) in [5, 5.41) is 3.02. The van der Waals surface area contributed by atoms with E-state index in [0.29, 0.717) is 5.82 Å². The molecular weight excluding hydrogens is 350 g/mol. The van der Waals surface area contributed by atoms with Crippen molar-refractivity contribution >= 4 is 17.7 Å². The first-order valence-corrected chi connectivity index (χ1v) is 9.58. The molecule has 1 amide bonds. The van der Waals surface area contributed by atoms with Gasteiger partial charge in [-0.05, 0) is 36.1 Å². The summed E-state index contributed by atoms with van der Waals surface area (Å²) < 4.78 is 0. The summed E-state index contributed by atoms with van der Waals surface area (Å²) in [5.74, 6) is 0.871. The molecule has 142 valence electrons. The van der Waals surface area contributed by atoms with Crippen LogP contribution in [0.1, 0.15) is 37.7 Å². The molecule has 2 aromatic heterocycles. The van der Waals surface area contributed by atoms with Crippen molar-refractivity contribution in [2.24, 2.45) is 0 Å². The number of hydrogen-bond donors (Lipinski definition) is 2. The molecule has 1 saturated carbocycles. The molecule has 3 aromatic rings. The highest BCUT2D eigenvalue weighted by Gasteiger charge is 2.41. The van der Waals surface area contributed by atoms with Crippen molar-refractivity contribution in [2.75, 3.05) is 11.1 Å². The minimum Gasteiger partial charge on any atom is -0.368 e. The van der Waals surface area contributed by atoms with Crippen LogP contribution in [0.25, 0.3) is 11.1 Å². The van der Waals surface area contributed by atoms with E-state index in [2.05, 4.69) is 32.4 Å². The van der Waals surface area contributed by atoms with E-state index in [1.165, 1.54) is 6.42 Å². The van der Waals surface area contributed by atoms with E-state index in [9.17, 15) is 4.79 Å². The molecule has 1 fully saturated rings. The Bertz CT molecular complexity index is 933. The van der Waals surface area contributed by atoms with Gasteiger partial charge in [-0.3, -0.25) is 4.79 Å². The van der Waals surface area contributed by atoms with Gasteiger partial charge in [0.25, 0.3) is 0 Å². The van der Waals surface area contributed by atoms with Crippen LogP contribution in [0.15, 0.2) is 61.1 Å². The van der Waals surface area contributed by atoms with Crippen LogP contribution < -0.4 is 11.1 Å². The molecule has 1 aliphatic carbocycles. The molecule has 6 nitrogen and oxygen atoms in total. The van der Waals surface area contributed by atoms with Crippen molar-refractivity contribution in [1.82, 2.24) is 15.0 Å². The van der Waals surface area contributed by atoms with Gasteiger partial charge in [-0.25, -0.2) is 15.0 Å². The van der Waals surface area contributed by atoms with Crippen molar-refractivity contribution in [3.8, 4) is 11.1 Å². The van der Waals surface area contributed by atoms with Crippen molar-refractivity contribution < 1.29 is 4.79 Å². The number of pyridine rings is 1. The molecule has 6 heteroatoms. The number of nitrogens with zero attached hydrogens (tertiary/aromatic N) is 3. The van der Waals surface area contributed by atoms with E-state index < -0.39 is 5.41 Å². The van der Waals surface area contributed by atoms with Crippen molar-refractivity contribution in [3.63, 3.8) is 0 Å². The Hall–Kier alpha value is -3.28. The Kier molecular flexibility index (Phi) is 5.02. The van der Waals surface area contributed by atoms with E-state index in [1.54, 1.807) is 18.6 Å². The molecule has 0 spiro atoms. The number of carbonyl (C=O) groups excluding carboxylic acids is 1. The van der Waals surface area contributed by atoms with E-state index in [0.717, 1.165) is 42.4 Å². The average molecular weight is 373 g/mol. The number of anilines is 2. The molecule has 0 aliphatic heterocycles. The first-order valence-electron chi connectivity index (χ1n) is 9.58. The van der Waals surface area contributed by atoms with Gasteiger partial charge < -0.3 is 11.1 Å². The lowest BCUT2D eigenvalue weighted by molar-refractivity contribution is -0.122. The summed E-state index contributed by atoms with van der Waals surface area (Å²) in [6.07, 6.45) is 10.0. The van der Waals surface area contributed by atoms with Gasteiger partial charge >= 0.3 is 0 Å². The Morgan fingerprint density at radius 1 is 0.893 bits per heavy atom. The zero-order valence-electron chi connectivity index (χ0n) is 15.6. The Morgan fingerprint density at radius 3 is 2.25 bits per heavy atom. The van der Waals surface area contributed by atoms with Crippen LogP contribution in [0.5, 0.6) is 0 Å². The second-order valence-electron chi connectivity index (χ2n) is 7.22. The van der Waals surface area contributed by atoms with Gasteiger partial charge in [-0.2, -0.15) is 0 Å². The zero-order chi connectivity index (χ0) is 19.4. The number of carbonyl (C=O) groups is 1. The third kappa shape index (κ3) is 3.58. The fourth-order valence-electron chi connectivity index (χ4n) is 3.94. The highest BCUT2D eigenvalue weighted by Crippen LogP contribution is 2.41. The first kappa shape index (κ1) is 18.1. The van der Waals surface area contributed by atoms with Crippen LogP contribution in [0.4, 0.5) is 11.8 Å². The van der Waals surface area contributed by atoms with Gasteiger partial charge in [0.2, 0.25) is 11.9 Å². The van der Waals surface area contributed by atoms with Crippen molar-refractivity contribution in [1.29, 1.82) is 0 Å². The Morgan fingerprint density at radius 2 is 1.61 bits per heavy atom. The number of hydrogen-bond acceptors (Lipinski definition) is 5. The van der Waals surface area contributed by atoms with Gasteiger partial charge in [-0.1, -0.05) is 49.6 Å². The number of nitrogens with two attached hydrogens (primary N) is 1.